The summed E-state index contributed by atoms with van der Waals surface area (Å²) in [6.07, 6.45) is 3.84. The molecule has 0 saturated carbocycles. The first-order valence-corrected chi connectivity index (χ1v) is 5.88. The van der Waals surface area contributed by atoms with Crippen LogP contribution in [0.5, 0.6) is 0 Å². The van der Waals surface area contributed by atoms with Gasteiger partial charge in [0.15, 0.2) is 0 Å². The van der Waals surface area contributed by atoms with Gasteiger partial charge in [0.05, 0.1) is 11.1 Å². The first kappa shape index (κ1) is 11.7. The average Bonchev–Trinajstić information content (AvgIpc) is 2.72. The number of hydrogen-bond donors (Lipinski definition) is 1. The second-order valence-electron chi connectivity index (χ2n) is 4.71. The molecule has 1 saturated heterocycles. The molecular weight excluding hydrogens is 212 g/mol. The summed E-state index contributed by atoms with van der Waals surface area (Å²) >= 11 is 0. The van der Waals surface area contributed by atoms with Crippen LogP contribution in [0.25, 0.3) is 0 Å². The average molecular weight is 230 g/mol. The standard InChI is InChI=1S/C14H18N2O/c1-3-14(2)9-6-10-16(14)13(17)11-7-4-5-8-12(11)15/h3-5,7-8H,1,6,9-10,15H2,2H3/t14-/m1/s1. The quantitative estimate of drug-likeness (QED) is 0.626. The Morgan fingerprint density at radius 3 is 2.88 bits per heavy atom. The van der Waals surface area contributed by atoms with Gasteiger partial charge in [0.25, 0.3) is 5.91 Å². The maximum Gasteiger partial charge on any atom is 0.256 e. The lowest BCUT2D eigenvalue weighted by molar-refractivity contribution is 0.0687. The lowest BCUT2D eigenvalue weighted by Gasteiger charge is -2.32. The minimum atomic E-state index is -0.237. The Bertz CT molecular complexity index is 455. The van der Waals surface area contributed by atoms with Crippen molar-refractivity contribution in [3.05, 3.63) is 42.5 Å². The van der Waals surface area contributed by atoms with E-state index in [0.29, 0.717) is 11.3 Å². The van der Waals surface area contributed by atoms with Gasteiger partial charge in [-0.05, 0) is 31.9 Å². The first-order chi connectivity index (χ1) is 8.08. The van der Waals surface area contributed by atoms with Crippen LogP contribution < -0.4 is 5.73 Å². The highest BCUT2D eigenvalue weighted by atomic mass is 16.2. The van der Waals surface area contributed by atoms with Crippen molar-refractivity contribution in [1.82, 2.24) is 4.90 Å². The van der Waals surface area contributed by atoms with Crippen molar-refractivity contribution in [3.8, 4) is 0 Å². The SMILES string of the molecule is C=C[C@]1(C)CCCN1C(=O)c1ccccc1N. The molecule has 0 aromatic heterocycles. The molecule has 1 aliphatic rings. The van der Waals surface area contributed by atoms with Gasteiger partial charge >= 0.3 is 0 Å². The van der Waals surface area contributed by atoms with Crippen LogP contribution in [0.3, 0.4) is 0 Å². The molecule has 3 nitrogen and oxygen atoms in total. The van der Waals surface area contributed by atoms with E-state index in [1.807, 2.05) is 30.0 Å². The molecule has 1 aliphatic heterocycles. The molecule has 1 amide bonds. The summed E-state index contributed by atoms with van der Waals surface area (Å²) in [6.45, 7) is 6.66. The van der Waals surface area contributed by atoms with Crippen molar-refractivity contribution in [2.24, 2.45) is 0 Å². The monoisotopic (exact) mass is 230 g/mol. The minimum Gasteiger partial charge on any atom is -0.398 e. The molecule has 2 rings (SSSR count). The Kier molecular flexibility index (Phi) is 2.92. The predicted octanol–water partition coefficient (Wildman–Crippen LogP) is 2.45. The van der Waals surface area contributed by atoms with E-state index in [-0.39, 0.29) is 11.4 Å². The Morgan fingerprint density at radius 2 is 2.24 bits per heavy atom. The highest BCUT2D eigenvalue weighted by molar-refractivity contribution is 5.99. The number of rotatable bonds is 2. The van der Waals surface area contributed by atoms with Gasteiger partial charge in [-0.2, -0.15) is 0 Å². The largest absolute Gasteiger partial charge is 0.398 e. The molecule has 90 valence electrons. The summed E-state index contributed by atoms with van der Waals surface area (Å²) in [5.74, 6) is 0.00278. The van der Waals surface area contributed by atoms with Gasteiger partial charge in [-0.1, -0.05) is 18.2 Å². The Balaban J connectivity index is 2.33. The van der Waals surface area contributed by atoms with Gasteiger partial charge in [0.1, 0.15) is 0 Å². The number of amides is 1. The van der Waals surface area contributed by atoms with Crippen molar-refractivity contribution >= 4 is 11.6 Å². The fourth-order valence-corrected chi connectivity index (χ4v) is 2.37. The molecule has 0 bridgehead atoms. The van der Waals surface area contributed by atoms with Gasteiger partial charge in [0, 0.05) is 12.2 Å². The molecule has 1 fully saturated rings. The third kappa shape index (κ3) is 1.93. The summed E-state index contributed by atoms with van der Waals surface area (Å²) in [7, 11) is 0. The number of carbonyl (C=O) groups excluding carboxylic acids is 1. The Labute approximate surface area is 102 Å². The zero-order valence-electron chi connectivity index (χ0n) is 10.1. The molecule has 1 atom stereocenters. The van der Waals surface area contributed by atoms with Crippen LogP contribution in [0.1, 0.15) is 30.1 Å². The van der Waals surface area contributed by atoms with E-state index in [0.717, 1.165) is 19.4 Å². The summed E-state index contributed by atoms with van der Waals surface area (Å²) in [6, 6.07) is 7.21. The minimum absolute atomic E-state index is 0.00278. The van der Waals surface area contributed by atoms with E-state index < -0.39 is 0 Å². The van der Waals surface area contributed by atoms with Gasteiger partial charge in [-0.3, -0.25) is 4.79 Å². The van der Waals surface area contributed by atoms with Gasteiger partial charge in [-0.15, -0.1) is 6.58 Å². The number of benzene rings is 1. The third-order valence-corrected chi connectivity index (χ3v) is 3.56. The highest BCUT2D eigenvalue weighted by Crippen LogP contribution is 2.32. The number of nitrogens with two attached hydrogens (primary N) is 1. The lowest BCUT2D eigenvalue weighted by atomic mass is 9.98. The number of carbonyl (C=O) groups is 1. The number of likely N-dealkylation sites (tertiary alicyclic amines) is 1. The van der Waals surface area contributed by atoms with Crippen LogP contribution in [0.15, 0.2) is 36.9 Å². The Hall–Kier alpha value is -1.77. The molecule has 17 heavy (non-hydrogen) atoms. The molecule has 1 heterocycles. The van der Waals surface area contributed by atoms with E-state index in [1.165, 1.54) is 0 Å². The van der Waals surface area contributed by atoms with Crippen molar-refractivity contribution in [3.63, 3.8) is 0 Å². The molecule has 1 aromatic carbocycles. The highest BCUT2D eigenvalue weighted by Gasteiger charge is 2.37. The van der Waals surface area contributed by atoms with Crippen LogP contribution in [0.2, 0.25) is 0 Å². The van der Waals surface area contributed by atoms with Crippen LogP contribution >= 0.6 is 0 Å². The fraction of sp³-hybridized carbons (Fsp3) is 0.357. The smallest absolute Gasteiger partial charge is 0.256 e. The summed E-state index contributed by atoms with van der Waals surface area (Å²) < 4.78 is 0. The van der Waals surface area contributed by atoms with E-state index in [2.05, 4.69) is 6.58 Å². The van der Waals surface area contributed by atoms with Crippen molar-refractivity contribution < 1.29 is 4.79 Å². The van der Waals surface area contributed by atoms with Crippen molar-refractivity contribution in [2.75, 3.05) is 12.3 Å². The second kappa shape index (κ2) is 4.24. The summed E-state index contributed by atoms with van der Waals surface area (Å²) in [4.78, 5) is 14.3. The maximum absolute atomic E-state index is 12.4. The van der Waals surface area contributed by atoms with Gasteiger partial charge in [-0.25, -0.2) is 0 Å². The van der Waals surface area contributed by atoms with Crippen LogP contribution in [0.4, 0.5) is 5.69 Å². The van der Waals surface area contributed by atoms with E-state index in [1.54, 1.807) is 12.1 Å². The number of anilines is 1. The molecule has 0 unspecified atom stereocenters. The first-order valence-electron chi connectivity index (χ1n) is 5.88. The topological polar surface area (TPSA) is 46.3 Å². The van der Waals surface area contributed by atoms with Crippen molar-refractivity contribution in [2.45, 2.75) is 25.3 Å². The predicted molar refractivity (Wildman–Crippen MR) is 69.7 cm³/mol. The van der Waals surface area contributed by atoms with Crippen LogP contribution in [-0.4, -0.2) is 22.9 Å². The molecule has 0 radical (unpaired) electrons. The van der Waals surface area contributed by atoms with E-state index in [4.69, 9.17) is 5.73 Å². The second-order valence-corrected chi connectivity index (χ2v) is 4.71. The molecule has 3 heteroatoms. The zero-order valence-corrected chi connectivity index (χ0v) is 10.1. The normalized spacial score (nSPS) is 23.7. The number of para-hydroxylation sites is 1. The van der Waals surface area contributed by atoms with E-state index >= 15 is 0 Å². The summed E-state index contributed by atoms with van der Waals surface area (Å²) in [5, 5.41) is 0. The van der Waals surface area contributed by atoms with Gasteiger partial charge < -0.3 is 10.6 Å². The fourth-order valence-electron chi connectivity index (χ4n) is 2.37. The van der Waals surface area contributed by atoms with Gasteiger partial charge in [0.2, 0.25) is 0 Å². The molecule has 0 spiro atoms. The number of nitrogens with zero attached hydrogens (tertiary/aromatic N) is 1. The Morgan fingerprint density at radius 1 is 1.53 bits per heavy atom. The summed E-state index contributed by atoms with van der Waals surface area (Å²) in [5.41, 5.74) is 6.73. The van der Waals surface area contributed by atoms with Crippen LogP contribution in [0, 0.1) is 0 Å². The molecular formula is C14H18N2O. The third-order valence-electron chi connectivity index (χ3n) is 3.56. The number of hydrogen-bond acceptors (Lipinski definition) is 2. The zero-order chi connectivity index (χ0) is 12.5. The van der Waals surface area contributed by atoms with E-state index in [9.17, 15) is 4.79 Å². The molecule has 1 aromatic rings. The van der Waals surface area contributed by atoms with Crippen LogP contribution in [-0.2, 0) is 0 Å². The molecule has 2 N–H and O–H groups in total. The van der Waals surface area contributed by atoms with Crippen molar-refractivity contribution in [1.29, 1.82) is 0 Å². The number of nitrogen functional groups attached to an aromatic ring is 1. The maximum atomic E-state index is 12.4. The lowest BCUT2D eigenvalue weighted by Crippen LogP contribution is -2.43. The molecule has 0 aliphatic carbocycles.